The lowest BCUT2D eigenvalue weighted by Gasteiger charge is -2.31. The number of nitrogens with zero attached hydrogens (tertiary/aromatic N) is 3. The Morgan fingerprint density at radius 1 is 1.33 bits per heavy atom. The van der Waals surface area contributed by atoms with Crippen molar-refractivity contribution in [1.82, 2.24) is 15.0 Å². The summed E-state index contributed by atoms with van der Waals surface area (Å²) in [4.78, 5) is 24.0. The number of rotatable bonds is 7. The number of amidine groups is 1. The fourth-order valence-electron chi connectivity index (χ4n) is 3.90. The summed E-state index contributed by atoms with van der Waals surface area (Å²) in [5.74, 6) is -0.575. The summed E-state index contributed by atoms with van der Waals surface area (Å²) >= 11 is 7.73. The molecule has 0 saturated carbocycles. The van der Waals surface area contributed by atoms with Gasteiger partial charge in [0.1, 0.15) is 11.9 Å². The van der Waals surface area contributed by atoms with Crippen molar-refractivity contribution in [3.63, 3.8) is 0 Å². The lowest BCUT2D eigenvalue weighted by molar-refractivity contribution is -0.136. The van der Waals surface area contributed by atoms with Crippen LogP contribution in [-0.4, -0.2) is 55.6 Å². The van der Waals surface area contributed by atoms with Gasteiger partial charge in [-0.1, -0.05) is 17.7 Å². The Labute approximate surface area is 198 Å². The van der Waals surface area contributed by atoms with Crippen molar-refractivity contribution in [2.24, 2.45) is 4.99 Å². The molecule has 2 atom stereocenters. The van der Waals surface area contributed by atoms with E-state index in [1.54, 1.807) is 6.20 Å². The predicted molar refractivity (Wildman–Crippen MR) is 122 cm³/mol. The van der Waals surface area contributed by atoms with Gasteiger partial charge in [0.15, 0.2) is 10.8 Å². The van der Waals surface area contributed by atoms with Gasteiger partial charge in [-0.25, -0.2) is 23.8 Å². The smallest absolute Gasteiger partial charge is 0.405 e. The van der Waals surface area contributed by atoms with E-state index in [0.717, 1.165) is 0 Å². The number of ether oxygens (including phenoxy) is 1. The number of benzene rings is 1. The number of methoxy groups -OCH3 is 1. The summed E-state index contributed by atoms with van der Waals surface area (Å²) in [6.45, 7) is 0.328. The van der Waals surface area contributed by atoms with E-state index in [1.165, 1.54) is 50.9 Å². The highest BCUT2D eigenvalue weighted by atomic mass is 35.5. The lowest BCUT2D eigenvalue weighted by atomic mass is 9.94. The van der Waals surface area contributed by atoms with Crippen LogP contribution in [0.4, 0.5) is 4.39 Å². The van der Waals surface area contributed by atoms with Crippen molar-refractivity contribution < 1.29 is 27.5 Å². The predicted octanol–water partition coefficient (Wildman–Crippen LogP) is 3.93. The van der Waals surface area contributed by atoms with Crippen LogP contribution in [0.3, 0.4) is 0 Å². The molecular formula is C20H21ClFN4O5PS. The van der Waals surface area contributed by atoms with E-state index in [0.29, 0.717) is 35.1 Å². The Morgan fingerprint density at radius 2 is 2.09 bits per heavy atom. The summed E-state index contributed by atoms with van der Waals surface area (Å²) in [5, 5.41) is 5.47. The van der Waals surface area contributed by atoms with Gasteiger partial charge in [-0.05, 0) is 12.1 Å². The van der Waals surface area contributed by atoms with Gasteiger partial charge in [0.25, 0.3) is 0 Å². The van der Waals surface area contributed by atoms with Crippen LogP contribution < -0.4 is 5.09 Å². The Bertz CT molecular complexity index is 1170. The Kier molecular flexibility index (Phi) is 6.99. The second-order valence-corrected chi connectivity index (χ2v) is 10.5. The van der Waals surface area contributed by atoms with E-state index < -0.39 is 31.6 Å². The Balaban J connectivity index is 1.85. The second kappa shape index (κ2) is 9.61. The monoisotopic (exact) mass is 514 g/mol. The maximum absolute atomic E-state index is 13.7. The Hall–Kier alpha value is -2.14. The summed E-state index contributed by atoms with van der Waals surface area (Å²) < 4.78 is 41.5. The van der Waals surface area contributed by atoms with Crippen LogP contribution >= 0.6 is 30.7 Å². The molecule has 2 aliphatic heterocycles. The van der Waals surface area contributed by atoms with Gasteiger partial charge in [-0.3, -0.25) is 4.99 Å². The van der Waals surface area contributed by atoms with Crippen LogP contribution in [0.2, 0.25) is 5.02 Å². The van der Waals surface area contributed by atoms with Crippen LogP contribution in [0, 0.1) is 5.82 Å². The van der Waals surface area contributed by atoms with Gasteiger partial charge in [-0.15, -0.1) is 11.3 Å². The van der Waals surface area contributed by atoms with E-state index >= 15 is 0 Å². The molecule has 0 radical (unpaired) electrons. The first-order valence-corrected chi connectivity index (χ1v) is 12.6. The van der Waals surface area contributed by atoms with Crippen molar-refractivity contribution in [1.29, 1.82) is 0 Å². The molecule has 1 N–H and O–H groups in total. The molecule has 4 rings (SSSR count). The topological polar surface area (TPSA) is 102 Å². The van der Waals surface area contributed by atoms with Gasteiger partial charge in [0.05, 0.1) is 12.7 Å². The number of thiazole rings is 1. The minimum Gasteiger partial charge on any atom is -0.466 e. The quantitative estimate of drug-likeness (QED) is 0.438. The number of halogens is 2. The zero-order valence-corrected chi connectivity index (χ0v) is 20.4. The molecule has 3 heterocycles. The molecular weight excluding hydrogens is 494 g/mol. The molecule has 0 amide bonds. The molecule has 2 aromatic rings. The number of aliphatic imine (C=N–C) groups is 1. The summed E-state index contributed by atoms with van der Waals surface area (Å²) in [5.41, 5.74) is 1.33. The molecule has 1 fully saturated rings. The third kappa shape index (κ3) is 4.62. The van der Waals surface area contributed by atoms with E-state index in [9.17, 15) is 13.8 Å². The number of hydrogen-bond donors (Lipinski definition) is 1. The van der Waals surface area contributed by atoms with Crippen molar-refractivity contribution in [2.75, 3.05) is 27.9 Å². The van der Waals surface area contributed by atoms with Crippen molar-refractivity contribution in [3.8, 4) is 0 Å². The molecule has 1 aromatic heterocycles. The molecule has 0 bridgehead atoms. The van der Waals surface area contributed by atoms with Gasteiger partial charge in [0.2, 0.25) is 0 Å². The van der Waals surface area contributed by atoms with Gasteiger partial charge in [0, 0.05) is 61.1 Å². The molecule has 176 valence electrons. The summed E-state index contributed by atoms with van der Waals surface area (Å²) in [7, 11) is 0.315. The maximum Gasteiger partial charge on any atom is 0.405 e. The molecule has 33 heavy (non-hydrogen) atoms. The first kappa shape index (κ1) is 24.0. The standard InChI is InChI=1S/C20H21ClFN4O5PS/c1-29-20(27)16-15-9-12(25-32(28,30-2)31-3)10-26(15)18(19-23-6-7-33-19)24-17(16)13-5-4-11(22)8-14(13)21/h4-8,12,17H,9-10H2,1-3H3,(H,25,28)/t12-,17-/m0/s1. The van der Waals surface area contributed by atoms with Crippen LogP contribution in [0.15, 0.2) is 46.0 Å². The fourth-order valence-corrected chi connectivity index (χ4v) is 5.80. The van der Waals surface area contributed by atoms with E-state index in [2.05, 4.69) is 10.1 Å². The molecule has 9 nitrogen and oxygen atoms in total. The minimum absolute atomic E-state index is 0.133. The summed E-state index contributed by atoms with van der Waals surface area (Å²) in [6, 6.07) is 2.70. The first-order valence-electron chi connectivity index (χ1n) is 9.81. The number of nitrogens with one attached hydrogen (secondary N) is 1. The number of esters is 1. The van der Waals surface area contributed by atoms with Crippen LogP contribution in [0.5, 0.6) is 0 Å². The normalized spacial score (nSPS) is 20.6. The number of fused-ring (bicyclic) bond motifs is 1. The van der Waals surface area contributed by atoms with Crippen molar-refractivity contribution in [2.45, 2.75) is 18.5 Å². The molecule has 0 spiro atoms. The van der Waals surface area contributed by atoms with Gasteiger partial charge in [-0.2, -0.15) is 0 Å². The third-order valence-electron chi connectivity index (χ3n) is 5.37. The molecule has 0 aliphatic carbocycles. The van der Waals surface area contributed by atoms with Crippen LogP contribution in [0.25, 0.3) is 0 Å². The van der Waals surface area contributed by atoms with Crippen LogP contribution in [0.1, 0.15) is 23.0 Å². The molecule has 0 unspecified atom stereocenters. The lowest BCUT2D eigenvalue weighted by Crippen LogP contribution is -2.37. The van der Waals surface area contributed by atoms with Gasteiger partial charge < -0.3 is 18.7 Å². The zero-order chi connectivity index (χ0) is 23.8. The minimum atomic E-state index is -3.53. The maximum atomic E-state index is 13.7. The molecule has 1 saturated heterocycles. The highest BCUT2D eigenvalue weighted by Gasteiger charge is 2.44. The molecule has 13 heteroatoms. The fraction of sp³-hybridized carbons (Fsp3) is 0.350. The van der Waals surface area contributed by atoms with Crippen LogP contribution in [-0.2, 0) is 23.1 Å². The Morgan fingerprint density at radius 3 is 2.70 bits per heavy atom. The molecule has 2 aliphatic rings. The van der Waals surface area contributed by atoms with Crippen molar-refractivity contribution >= 4 is 42.5 Å². The van der Waals surface area contributed by atoms with E-state index in [-0.39, 0.29) is 10.6 Å². The van der Waals surface area contributed by atoms with Crippen molar-refractivity contribution in [3.05, 3.63) is 62.5 Å². The SMILES string of the molecule is COC(=O)C1=C2C[C@H](NP(=O)(OC)OC)CN2C(c2nccs2)=N[C@H]1c1ccc(F)cc1Cl. The summed E-state index contributed by atoms with van der Waals surface area (Å²) in [6.07, 6.45) is 1.96. The molecule has 1 aromatic carbocycles. The number of hydrogen-bond acceptors (Lipinski definition) is 9. The van der Waals surface area contributed by atoms with E-state index in [1.807, 2.05) is 10.3 Å². The van der Waals surface area contributed by atoms with E-state index in [4.69, 9.17) is 30.4 Å². The largest absolute Gasteiger partial charge is 0.466 e. The number of aromatic nitrogens is 1. The average molecular weight is 515 g/mol. The van der Waals surface area contributed by atoms with Gasteiger partial charge >= 0.3 is 13.7 Å². The number of carbonyl (C=O) groups excluding carboxylic acids is 1. The number of carbonyl (C=O) groups is 1. The zero-order valence-electron chi connectivity index (χ0n) is 17.9. The average Bonchev–Trinajstić information content (AvgIpc) is 3.47. The first-order chi connectivity index (χ1) is 15.8. The second-order valence-electron chi connectivity index (χ2n) is 7.21. The highest BCUT2D eigenvalue weighted by molar-refractivity contribution is 7.51. The third-order valence-corrected chi connectivity index (χ3v) is 8.11. The highest BCUT2D eigenvalue weighted by Crippen LogP contribution is 2.46.